The average Bonchev–Trinajstić information content (AvgIpc) is 2.99. The number of aromatic nitrogens is 3. The van der Waals surface area contributed by atoms with Gasteiger partial charge in [0.1, 0.15) is 17.8 Å². The zero-order chi connectivity index (χ0) is 15.4. The Balaban J connectivity index is 1.68. The van der Waals surface area contributed by atoms with Crippen LogP contribution in [-0.4, -0.2) is 20.9 Å². The zero-order valence-electron chi connectivity index (χ0n) is 11.4. The summed E-state index contributed by atoms with van der Waals surface area (Å²) in [6.45, 7) is 0. The Bertz CT molecular complexity index is 791. The molecule has 3 aromatic rings. The van der Waals surface area contributed by atoms with Crippen LogP contribution in [0.4, 0.5) is 9.52 Å². The molecule has 0 saturated heterocycles. The number of nitrogens with zero attached hydrogens (tertiary/aromatic N) is 3. The molecule has 3 rings (SSSR count). The number of hydrogen-bond acceptors (Lipinski definition) is 5. The van der Waals surface area contributed by atoms with Crippen molar-refractivity contribution in [2.24, 2.45) is 0 Å². The zero-order valence-corrected chi connectivity index (χ0v) is 12.2. The van der Waals surface area contributed by atoms with Crippen LogP contribution in [0.1, 0.15) is 5.56 Å². The van der Waals surface area contributed by atoms with Crippen molar-refractivity contribution in [1.82, 2.24) is 15.0 Å². The van der Waals surface area contributed by atoms with Crippen molar-refractivity contribution in [2.75, 3.05) is 5.32 Å². The quantitative estimate of drug-likeness (QED) is 0.804. The Labute approximate surface area is 129 Å². The number of nitrogens with one attached hydrogen (secondary N) is 1. The first kappa shape index (κ1) is 14.3. The van der Waals surface area contributed by atoms with Crippen LogP contribution >= 0.6 is 11.3 Å². The summed E-state index contributed by atoms with van der Waals surface area (Å²) in [7, 11) is 0. The maximum Gasteiger partial charge on any atom is 0.230 e. The van der Waals surface area contributed by atoms with Gasteiger partial charge in [-0.05, 0) is 17.7 Å². The Morgan fingerprint density at radius 1 is 1.23 bits per heavy atom. The van der Waals surface area contributed by atoms with E-state index in [9.17, 15) is 9.18 Å². The van der Waals surface area contributed by atoms with Gasteiger partial charge in [-0.15, -0.1) is 11.3 Å². The van der Waals surface area contributed by atoms with Gasteiger partial charge in [0, 0.05) is 11.6 Å². The Morgan fingerprint density at radius 3 is 2.86 bits per heavy atom. The SMILES string of the molecule is O=C(Cc1ccccc1F)Nc1nc(-c2ccncn2)cs1. The molecule has 2 heterocycles. The van der Waals surface area contributed by atoms with Crippen LogP contribution in [0.3, 0.4) is 0 Å². The second kappa shape index (κ2) is 6.40. The van der Waals surface area contributed by atoms with Gasteiger partial charge in [0.2, 0.25) is 5.91 Å². The molecule has 1 N–H and O–H groups in total. The summed E-state index contributed by atoms with van der Waals surface area (Å²) in [5.41, 5.74) is 1.70. The third kappa shape index (κ3) is 3.32. The minimum Gasteiger partial charge on any atom is -0.302 e. The molecule has 0 aliphatic rings. The van der Waals surface area contributed by atoms with E-state index in [0.717, 1.165) is 0 Å². The van der Waals surface area contributed by atoms with Crippen LogP contribution in [0.5, 0.6) is 0 Å². The molecule has 0 saturated carbocycles. The summed E-state index contributed by atoms with van der Waals surface area (Å²) in [5.74, 6) is -0.702. The molecule has 22 heavy (non-hydrogen) atoms. The smallest absolute Gasteiger partial charge is 0.230 e. The number of thiazole rings is 1. The lowest BCUT2D eigenvalue weighted by molar-refractivity contribution is -0.115. The van der Waals surface area contributed by atoms with E-state index >= 15 is 0 Å². The monoisotopic (exact) mass is 314 g/mol. The summed E-state index contributed by atoms with van der Waals surface area (Å²) >= 11 is 1.29. The van der Waals surface area contributed by atoms with Crippen LogP contribution in [0, 0.1) is 5.82 Å². The molecule has 0 radical (unpaired) electrons. The number of amides is 1. The molecule has 110 valence electrons. The molecule has 1 aromatic carbocycles. The Hall–Kier alpha value is -2.67. The molecular weight excluding hydrogens is 303 g/mol. The lowest BCUT2D eigenvalue weighted by Crippen LogP contribution is -2.15. The van der Waals surface area contributed by atoms with Gasteiger partial charge < -0.3 is 5.32 Å². The molecule has 0 bridgehead atoms. The second-order valence-corrected chi connectivity index (χ2v) is 5.31. The molecule has 5 nitrogen and oxygen atoms in total. The molecule has 0 aliphatic heterocycles. The summed E-state index contributed by atoms with van der Waals surface area (Å²) < 4.78 is 13.5. The minimum atomic E-state index is -0.390. The van der Waals surface area contributed by atoms with E-state index in [2.05, 4.69) is 20.3 Å². The van der Waals surface area contributed by atoms with E-state index in [-0.39, 0.29) is 12.3 Å². The van der Waals surface area contributed by atoms with Crippen LogP contribution in [0.2, 0.25) is 0 Å². The predicted molar refractivity (Wildman–Crippen MR) is 81.9 cm³/mol. The number of rotatable bonds is 4. The van der Waals surface area contributed by atoms with Gasteiger partial charge in [-0.2, -0.15) is 0 Å². The summed E-state index contributed by atoms with van der Waals surface area (Å²) in [5, 5.41) is 4.91. The van der Waals surface area contributed by atoms with Gasteiger partial charge in [0.15, 0.2) is 5.13 Å². The lowest BCUT2D eigenvalue weighted by Gasteiger charge is -2.03. The van der Waals surface area contributed by atoms with Gasteiger partial charge in [-0.1, -0.05) is 18.2 Å². The molecule has 7 heteroatoms. The van der Waals surface area contributed by atoms with E-state index in [1.54, 1.807) is 35.8 Å². The highest BCUT2D eigenvalue weighted by molar-refractivity contribution is 7.14. The maximum absolute atomic E-state index is 13.5. The molecule has 0 aliphatic carbocycles. The summed E-state index contributed by atoms with van der Waals surface area (Å²) in [6, 6.07) is 7.94. The normalized spacial score (nSPS) is 10.4. The van der Waals surface area contributed by atoms with Crippen molar-refractivity contribution >= 4 is 22.4 Å². The van der Waals surface area contributed by atoms with Crippen LogP contribution < -0.4 is 5.32 Å². The highest BCUT2D eigenvalue weighted by Gasteiger charge is 2.11. The van der Waals surface area contributed by atoms with E-state index in [1.807, 2.05) is 0 Å². The molecular formula is C15H11FN4OS. The van der Waals surface area contributed by atoms with E-state index in [4.69, 9.17) is 0 Å². The van der Waals surface area contributed by atoms with Crippen LogP contribution in [-0.2, 0) is 11.2 Å². The highest BCUT2D eigenvalue weighted by atomic mass is 32.1. The van der Waals surface area contributed by atoms with Gasteiger partial charge in [-0.25, -0.2) is 19.3 Å². The second-order valence-electron chi connectivity index (χ2n) is 4.45. The van der Waals surface area contributed by atoms with Crippen LogP contribution in [0.25, 0.3) is 11.4 Å². The Morgan fingerprint density at radius 2 is 2.09 bits per heavy atom. The largest absolute Gasteiger partial charge is 0.302 e. The van der Waals surface area contributed by atoms with Gasteiger partial charge >= 0.3 is 0 Å². The number of benzene rings is 1. The summed E-state index contributed by atoms with van der Waals surface area (Å²) in [6.07, 6.45) is 3.03. The topological polar surface area (TPSA) is 67.8 Å². The number of hydrogen-bond donors (Lipinski definition) is 1. The fourth-order valence-electron chi connectivity index (χ4n) is 1.87. The number of halogens is 1. The van der Waals surface area contributed by atoms with Crippen LogP contribution in [0.15, 0.2) is 48.2 Å². The van der Waals surface area contributed by atoms with Crippen molar-refractivity contribution in [3.8, 4) is 11.4 Å². The van der Waals surface area contributed by atoms with Crippen molar-refractivity contribution in [3.63, 3.8) is 0 Å². The lowest BCUT2D eigenvalue weighted by atomic mass is 10.1. The first-order valence-electron chi connectivity index (χ1n) is 6.47. The molecule has 1 amide bonds. The minimum absolute atomic E-state index is 0.0326. The molecule has 0 unspecified atom stereocenters. The van der Waals surface area contributed by atoms with Crippen molar-refractivity contribution in [2.45, 2.75) is 6.42 Å². The van der Waals surface area contributed by atoms with Gasteiger partial charge in [0.25, 0.3) is 0 Å². The first-order chi connectivity index (χ1) is 10.7. The number of carbonyl (C=O) groups excluding carboxylic acids is 1. The van der Waals surface area contributed by atoms with Crippen molar-refractivity contribution in [3.05, 3.63) is 59.6 Å². The van der Waals surface area contributed by atoms with E-state index < -0.39 is 5.82 Å². The molecule has 2 aromatic heterocycles. The fraction of sp³-hybridized carbons (Fsp3) is 0.0667. The molecule has 0 spiro atoms. The van der Waals surface area contributed by atoms with E-state index in [1.165, 1.54) is 23.7 Å². The van der Waals surface area contributed by atoms with Crippen molar-refractivity contribution in [1.29, 1.82) is 0 Å². The van der Waals surface area contributed by atoms with Gasteiger partial charge in [0.05, 0.1) is 12.1 Å². The first-order valence-corrected chi connectivity index (χ1v) is 7.35. The van der Waals surface area contributed by atoms with Crippen molar-refractivity contribution < 1.29 is 9.18 Å². The maximum atomic E-state index is 13.5. The fourth-order valence-corrected chi connectivity index (χ4v) is 2.59. The highest BCUT2D eigenvalue weighted by Crippen LogP contribution is 2.23. The predicted octanol–water partition coefficient (Wildman–Crippen LogP) is 2.92. The number of carbonyl (C=O) groups is 1. The third-order valence-corrected chi connectivity index (χ3v) is 3.66. The van der Waals surface area contributed by atoms with Gasteiger partial charge in [-0.3, -0.25) is 4.79 Å². The summed E-state index contributed by atoms with van der Waals surface area (Å²) in [4.78, 5) is 24.2. The molecule has 0 atom stereocenters. The van der Waals surface area contributed by atoms with E-state index in [0.29, 0.717) is 22.1 Å². The standard InChI is InChI=1S/C15H11FN4OS/c16-11-4-2-1-3-10(11)7-14(21)20-15-19-13(8-22-15)12-5-6-17-9-18-12/h1-6,8-9H,7H2,(H,19,20,21). The average molecular weight is 314 g/mol. The third-order valence-electron chi connectivity index (χ3n) is 2.90. The molecule has 0 fully saturated rings. The Kier molecular flexibility index (Phi) is 4.15. The number of anilines is 1.